The van der Waals surface area contributed by atoms with Gasteiger partial charge in [-0.25, -0.2) is 8.42 Å². The molecule has 3 atom stereocenters. The van der Waals surface area contributed by atoms with Gasteiger partial charge in [0.25, 0.3) is 5.56 Å². The average Bonchev–Trinajstić information content (AvgIpc) is 3.05. The highest BCUT2D eigenvalue weighted by molar-refractivity contribution is 7.89. The number of piperidine rings is 1. The molecule has 0 N–H and O–H groups in total. The summed E-state index contributed by atoms with van der Waals surface area (Å²) in [5.74, 6) is 0.381. The molecule has 8 nitrogen and oxygen atoms in total. The lowest BCUT2D eigenvalue weighted by molar-refractivity contribution is 0.122. The van der Waals surface area contributed by atoms with Crippen molar-refractivity contribution >= 4 is 10.0 Å². The summed E-state index contributed by atoms with van der Waals surface area (Å²) in [5.41, 5.74) is 0.910. The van der Waals surface area contributed by atoms with Gasteiger partial charge in [0, 0.05) is 37.3 Å². The highest BCUT2D eigenvalue weighted by Gasteiger charge is 2.44. The first kappa shape index (κ1) is 18.4. The van der Waals surface area contributed by atoms with Crippen LogP contribution in [0.15, 0.2) is 38.6 Å². The Hall–Kier alpha value is -1.97. The van der Waals surface area contributed by atoms with E-state index in [0.29, 0.717) is 25.4 Å². The molecule has 27 heavy (non-hydrogen) atoms. The standard InChI is InChI=1S/C18H24N4O4S/c1-12-17(8-19-26-12)27(24,25)21-9-13-7-14(10-21)16(11-20(2)3)22-15(13)5-4-6-18(22)23/h4-6,8,13-14,16H,7,9-11H2,1-3H3/t13-,14+,16+/m1/s1. The van der Waals surface area contributed by atoms with E-state index in [4.69, 9.17) is 4.52 Å². The minimum atomic E-state index is -3.68. The topological polar surface area (TPSA) is 88.7 Å². The summed E-state index contributed by atoms with van der Waals surface area (Å²) in [6.45, 7) is 3.05. The van der Waals surface area contributed by atoms with Gasteiger partial charge in [0.05, 0.1) is 12.2 Å². The average molecular weight is 392 g/mol. The third kappa shape index (κ3) is 3.03. The zero-order valence-electron chi connectivity index (χ0n) is 15.7. The van der Waals surface area contributed by atoms with Crippen molar-refractivity contribution in [2.75, 3.05) is 33.7 Å². The van der Waals surface area contributed by atoms with Gasteiger partial charge in [0.1, 0.15) is 4.90 Å². The summed E-state index contributed by atoms with van der Waals surface area (Å²) in [4.78, 5) is 14.8. The van der Waals surface area contributed by atoms with Crippen molar-refractivity contribution in [3.05, 3.63) is 46.2 Å². The van der Waals surface area contributed by atoms with Crippen molar-refractivity contribution in [1.82, 2.24) is 18.9 Å². The molecule has 2 aromatic rings. The maximum Gasteiger partial charge on any atom is 0.251 e. The van der Waals surface area contributed by atoms with Crippen LogP contribution in [0.25, 0.3) is 0 Å². The van der Waals surface area contributed by atoms with Crippen LogP contribution in [0, 0.1) is 12.8 Å². The van der Waals surface area contributed by atoms with Crippen LogP contribution in [0.2, 0.25) is 0 Å². The van der Waals surface area contributed by atoms with Crippen LogP contribution in [0.1, 0.15) is 29.8 Å². The predicted molar refractivity (Wildman–Crippen MR) is 99.1 cm³/mol. The lowest BCUT2D eigenvalue weighted by Gasteiger charge is -2.46. The van der Waals surface area contributed by atoms with Gasteiger partial charge in [-0.2, -0.15) is 4.31 Å². The minimum absolute atomic E-state index is 0.00556. The Morgan fingerprint density at radius 1 is 1.30 bits per heavy atom. The molecule has 0 unspecified atom stereocenters. The molecule has 2 aliphatic heterocycles. The van der Waals surface area contributed by atoms with Gasteiger partial charge in [-0.15, -0.1) is 0 Å². The van der Waals surface area contributed by atoms with Crippen molar-refractivity contribution in [3.63, 3.8) is 0 Å². The van der Waals surface area contributed by atoms with Crippen molar-refractivity contribution in [2.24, 2.45) is 5.92 Å². The molecule has 4 heterocycles. The molecule has 0 radical (unpaired) electrons. The molecule has 0 aliphatic carbocycles. The summed E-state index contributed by atoms with van der Waals surface area (Å²) in [6, 6.07) is 5.24. The molecule has 4 rings (SSSR count). The Morgan fingerprint density at radius 2 is 2.07 bits per heavy atom. The summed E-state index contributed by atoms with van der Waals surface area (Å²) >= 11 is 0. The number of hydrogen-bond acceptors (Lipinski definition) is 6. The summed E-state index contributed by atoms with van der Waals surface area (Å²) in [7, 11) is 0.260. The molecular formula is C18H24N4O4S. The van der Waals surface area contributed by atoms with Gasteiger partial charge in [-0.1, -0.05) is 11.2 Å². The molecule has 146 valence electrons. The summed E-state index contributed by atoms with van der Waals surface area (Å²) < 4.78 is 34.7. The Morgan fingerprint density at radius 3 is 2.74 bits per heavy atom. The predicted octanol–water partition coefficient (Wildman–Crippen LogP) is 1.06. The lowest BCUT2D eigenvalue weighted by atomic mass is 9.79. The zero-order valence-corrected chi connectivity index (χ0v) is 16.5. The molecule has 1 saturated heterocycles. The number of hydrogen-bond donors (Lipinski definition) is 0. The molecule has 0 saturated carbocycles. The van der Waals surface area contributed by atoms with E-state index in [2.05, 4.69) is 5.16 Å². The van der Waals surface area contributed by atoms with Crippen molar-refractivity contribution in [1.29, 1.82) is 0 Å². The number of nitrogens with zero attached hydrogens (tertiary/aromatic N) is 4. The van der Waals surface area contributed by atoms with Gasteiger partial charge >= 0.3 is 0 Å². The smallest absolute Gasteiger partial charge is 0.251 e. The molecule has 2 bridgehead atoms. The van der Waals surface area contributed by atoms with Gasteiger partial charge in [0.15, 0.2) is 5.76 Å². The molecule has 0 aromatic carbocycles. The minimum Gasteiger partial charge on any atom is -0.360 e. The summed E-state index contributed by atoms with van der Waals surface area (Å²) in [6.07, 6.45) is 2.15. The first-order valence-corrected chi connectivity index (χ1v) is 10.5. The number of pyridine rings is 1. The van der Waals surface area contributed by atoms with E-state index in [1.807, 2.05) is 29.6 Å². The van der Waals surface area contributed by atoms with E-state index < -0.39 is 10.0 Å². The summed E-state index contributed by atoms with van der Waals surface area (Å²) in [5, 5.41) is 3.62. The van der Waals surface area contributed by atoms with E-state index in [1.165, 1.54) is 10.5 Å². The van der Waals surface area contributed by atoms with Gasteiger partial charge in [-0.05, 0) is 39.4 Å². The van der Waals surface area contributed by atoms with E-state index in [9.17, 15) is 13.2 Å². The van der Waals surface area contributed by atoms with Crippen LogP contribution >= 0.6 is 0 Å². The first-order chi connectivity index (χ1) is 12.8. The van der Waals surface area contributed by atoms with Crippen LogP contribution in [0.4, 0.5) is 0 Å². The molecule has 0 amide bonds. The Labute approximate surface area is 158 Å². The highest BCUT2D eigenvalue weighted by Crippen LogP contribution is 2.42. The van der Waals surface area contributed by atoms with Crippen molar-refractivity contribution in [2.45, 2.75) is 30.2 Å². The Kier molecular flexibility index (Phi) is 4.48. The Bertz CT molecular complexity index is 1010. The van der Waals surface area contributed by atoms with Crippen molar-refractivity contribution < 1.29 is 12.9 Å². The number of rotatable bonds is 4. The van der Waals surface area contributed by atoms with Crippen LogP contribution < -0.4 is 5.56 Å². The monoisotopic (exact) mass is 392 g/mol. The fourth-order valence-electron chi connectivity index (χ4n) is 4.48. The number of fused-ring (bicyclic) bond motifs is 4. The van der Waals surface area contributed by atoms with Crippen LogP contribution in [0.5, 0.6) is 0 Å². The molecular weight excluding hydrogens is 368 g/mol. The van der Waals surface area contributed by atoms with E-state index in [-0.39, 0.29) is 28.3 Å². The Balaban J connectivity index is 1.76. The SMILES string of the molecule is Cc1oncc1S(=O)(=O)N1C[C@H]2C[C@@H](C1)[C@H](CN(C)C)n1c2cccc1=O. The van der Waals surface area contributed by atoms with E-state index >= 15 is 0 Å². The quantitative estimate of drug-likeness (QED) is 0.773. The fraction of sp³-hybridized carbons (Fsp3) is 0.556. The fourth-order valence-corrected chi connectivity index (χ4v) is 6.10. The highest BCUT2D eigenvalue weighted by atomic mass is 32.2. The van der Waals surface area contributed by atoms with E-state index in [0.717, 1.165) is 12.1 Å². The second kappa shape index (κ2) is 6.57. The van der Waals surface area contributed by atoms with Crippen LogP contribution in [0.3, 0.4) is 0 Å². The second-order valence-corrected chi connectivity index (χ2v) is 9.66. The number of likely N-dealkylation sites (N-methyl/N-ethyl adjacent to an activating group) is 1. The second-order valence-electron chi connectivity index (χ2n) is 7.75. The largest absolute Gasteiger partial charge is 0.360 e. The normalized spacial score (nSPS) is 25.6. The molecule has 0 spiro atoms. The third-order valence-corrected chi connectivity index (χ3v) is 7.57. The van der Waals surface area contributed by atoms with Crippen LogP contribution in [-0.4, -0.2) is 61.1 Å². The number of aryl methyl sites for hydroxylation is 1. The van der Waals surface area contributed by atoms with Crippen molar-refractivity contribution in [3.8, 4) is 0 Å². The zero-order chi connectivity index (χ0) is 19.3. The maximum atomic E-state index is 13.2. The number of aromatic nitrogens is 2. The van der Waals surface area contributed by atoms with Gasteiger partial charge in [-0.3, -0.25) is 4.79 Å². The third-order valence-electron chi connectivity index (χ3n) is 5.64. The maximum absolute atomic E-state index is 13.2. The molecule has 1 fully saturated rings. The molecule has 9 heteroatoms. The molecule has 2 aromatic heterocycles. The van der Waals surface area contributed by atoms with E-state index in [1.54, 1.807) is 19.1 Å². The van der Waals surface area contributed by atoms with Gasteiger partial charge in [0.2, 0.25) is 10.0 Å². The number of sulfonamides is 1. The van der Waals surface area contributed by atoms with Gasteiger partial charge < -0.3 is 14.0 Å². The lowest BCUT2D eigenvalue weighted by Crippen LogP contribution is -2.52. The first-order valence-electron chi connectivity index (χ1n) is 9.06. The molecule has 2 aliphatic rings. The van der Waals surface area contributed by atoms with Crippen LogP contribution in [-0.2, 0) is 10.0 Å².